The lowest BCUT2D eigenvalue weighted by molar-refractivity contribution is 0.0305. The van der Waals surface area contributed by atoms with E-state index in [0.717, 1.165) is 31.7 Å². The van der Waals surface area contributed by atoms with Crippen molar-refractivity contribution in [2.75, 3.05) is 41.3 Å². The molecule has 2 aliphatic heterocycles. The van der Waals surface area contributed by atoms with Gasteiger partial charge in [0.05, 0.1) is 11.2 Å². The van der Waals surface area contributed by atoms with Crippen molar-refractivity contribution >= 4 is 33.4 Å². The quantitative estimate of drug-likeness (QED) is 0.522. The summed E-state index contributed by atoms with van der Waals surface area (Å²) in [5.41, 5.74) is -0.519. The minimum Gasteiger partial charge on any atom is -0.386 e. The summed E-state index contributed by atoms with van der Waals surface area (Å²) in [6.07, 6.45) is 4.72. The second-order valence-corrected chi connectivity index (χ2v) is 13.7. The van der Waals surface area contributed by atoms with Crippen LogP contribution in [0.25, 0.3) is 0 Å². The molecule has 0 radical (unpaired) electrons. The molecule has 1 aliphatic carbocycles. The van der Waals surface area contributed by atoms with Crippen LogP contribution >= 0.6 is 0 Å². The predicted molar refractivity (Wildman–Crippen MR) is 142 cm³/mol. The van der Waals surface area contributed by atoms with Crippen molar-refractivity contribution in [1.29, 1.82) is 0 Å². The molecule has 0 unspecified atom stereocenters. The van der Waals surface area contributed by atoms with Gasteiger partial charge in [0.1, 0.15) is 17.5 Å². The van der Waals surface area contributed by atoms with Crippen LogP contribution in [-0.2, 0) is 10.0 Å². The molecule has 1 spiro atoms. The van der Waals surface area contributed by atoms with E-state index >= 15 is 0 Å². The summed E-state index contributed by atoms with van der Waals surface area (Å²) in [6, 6.07) is 8.06. The first-order chi connectivity index (χ1) is 17.2. The minimum absolute atomic E-state index is 0.145. The maximum absolute atomic E-state index is 13.4. The summed E-state index contributed by atoms with van der Waals surface area (Å²) in [5, 5.41) is 12.8. The van der Waals surface area contributed by atoms with Crippen LogP contribution in [0.15, 0.2) is 35.4 Å². The maximum atomic E-state index is 13.4. The van der Waals surface area contributed by atoms with E-state index in [1.165, 1.54) is 18.9 Å². The fraction of sp³-hybridized carbons (Fsp3) is 0.577. The molecular weight excluding hydrogens is 492 g/mol. The number of hydrogen-bond acceptors (Lipinski definition) is 8. The Morgan fingerprint density at radius 1 is 1.00 bits per heavy atom. The van der Waals surface area contributed by atoms with Crippen LogP contribution in [0.4, 0.5) is 17.5 Å². The van der Waals surface area contributed by atoms with E-state index in [-0.39, 0.29) is 10.8 Å². The van der Waals surface area contributed by atoms with Gasteiger partial charge in [-0.25, -0.2) is 23.1 Å². The monoisotopic (exact) mass is 528 g/mol. The van der Waals surface area contributed by atoms with Crippen LogP contribution in [0.1, 0.15) is 63.7 Å². The van der Waals surface area contributed by atoms with Crippen LogP contribution in [-0.4, -0.2) is 66.7 Å². The van der Waals surface area contributed by atoms with Gasteiger partial charge in [-0.15, -0.1) is 0 Å². The topological polar surface area (TPSA) is 128 Å². The summed E-state index contributed by atoms with van der Waals surface area (Å²) in [4.78, 5) is 26.7. The van der Waals surface area contributed by atoms with Gasteiger partial charge in [0.2, 0.25) is 0 Å². The molecule has 0 bridgehead atoms. The highest BCUT2D eigenvalue weighted by Crippen LogP contribution is 2.54. The van der Waals surface area contributed by atoms with Crippen molar-refractivity contribution in [2.45, 2.75) is 69.5 Å². The number of amides is 1. The molecule has 11 heteroatoms. The van der Waals surface area contributed by atoms with Crippen LogP contribution in [0.3, 0.4) is 0 Å². The molecule has 200 valence electrons. The fourth-order valence-corrected chi connectivity index (χ4v) is 6.50. The molecule has 3 N–H and O–H groups in total. The fourth-order valence-electron chi connectivity index (χ4n) is 5.11. The molecule has 5 rings (SSSR count). The Kier molecular flexibility index (Phi) is 6.24. The van der Waals surface area contributed by atoms with Gasteiger partial charge in [-0.2, -0.15) is 0 Å². The molecule has 1 saturated carbocycles. The number of aromatic nitrogens is 2. The van der Waals surface area contributed by atoms with Gasteiger partial charge in [-0.05, 0) is 83.1 Å². The molecule has 0 aromatic carbocycles. The van der Waals surface area contributed by atoms with Gasteiger partial charge in [0.25, 0.3) is 15.9 Å². The molecular formula is C26H36N6O4S. The van der Waals surface area contributed by atoms with Gasteiger partial charge >= 0.3 is 0 Å². The first kappa shape index (κ1) is 25.9. The normalized spacial score (nSPS) is 20.5. The van der Waals surface area contributed by atoms with Gasteiger partial charge in [0.15, 0.2) is 5.03 Å². The van der Waals surface area contributed by atoms with Crippen LogP contribution in [0.5, 0.6) is 0 Å². The van der Waals surface area contributed by atoms with Crippen molar-refractivity contribution in [1.82, 2.24) is 14.7 Å². The number of carbonyl (C=O) groups excluding carboxylic acids is 1. The van der Waals surface area contributed by atoms with Gasteiger partial charge < -0.3 is 20.2 Å². The highest BCUT2D eigenvalue weighted by atomic mass is 32.2. The lowest BCUT2D eigenvalue weighted by atomic mass is 9.93. The van der Waals surface area contributed by atoms with Crippen molar-refractivity contribution < 1.29 is 18.3 Å². The standard InChI is InChI=1S/C26H36N6O4S/c1-24(2,3)30-37(35,36)21-7-5-6-19(27-21)28-23(33)18-8-9-20(32-16-25(4,34)17-32)29-22(18)31-14-12-26(10-11-26)13-15-31/h5-9,30,34H,10-17H2,1-4H3,(H,27,28,33). The summed E-state index contributed by atoms with van der Waals surface area (Å²) >= 11 is 0. The van der Waals surface area contributed by atoms with Crippen molar-refractivity contribution in [2.24, 2.45) is 5.41 Å². The number of piperidine rings is 1. The number of pyridine rings is 2. The number of anilines is 3. The summed E-state index contributed by atoms with van der Waals surface area (Å²) in [5.74, 6) is 1.08. The van der Waals surface area contributed by atoms with E-state index < -0.39 is 27.1 Å². The third-order valence-corrected chi connectivity index (χ3v) is 8.91. The number of β-amino-alcohol motifs (C(OH)–C–C–N with tert-alkyl or cyclic N) is 1. The van der Waals surface area contributed by atoms with Crippen LogP contribution in [0, 0.1) is 5.41 Å². The Morgan fingerprint density at radius 3 is 2.27 bits per heavy atom. The number of nitrogens with zero attached hydrogens (tertiary/aromatic N) is 4. The average molecular weight is 529 g/mol. The molecule has 2 aromatic heterocycles. The SMILES string of the molecule is CC1(O)CN(c2ccc(C(=O)Nc3cccc(S(=O)(=O)NC(C)(C)C)n3)c(N3CCC4(CC3)CC4)n2)C1. The summed E-state index contributed by atoms with van der Waals surface area (Å²) in [6.45, 7) is 9.69. The number of hydrogen-bond donors (Lipinski definition) is 3. The van der Waals surface area contributed by atoms with Crippen LogP contribution < -0.4 is 19.8 Å². The third-order valence-electron chi connectivity index (χ3n) is 7.25. The molecule has 0 atom stereocenters. The Morgan fingerprint density at radius 2 is 1.68 bits per heavy atom. The zero-order valence-electron chi connectivity index (χ0n) is 21.9. The minimum atomic E-state index is -3.85. The van der Waals surface area contributed by atoms with Crippen LogP contribution in [0.2, 0.25) is 0 Å². The average Bonchev–Trinajstić information content (AvgIpc) is 3.55. The number of sulfonamides is 1. The Bertz CT molecular complexity index is 1300. The molecule has 1 amide bonds. The van der Waals surface area contributed by atoms with Crippen molar-refractivity contribution in [3.05, 3.63) is 35.9 Å². The van der Waals surface area contributed by atoms with Crippen molar-refractivity contribution in [3.8, 4) is 0 Å². The number of carbonyl (C=O) groups is 1. The van der Waals surface area contributed by atoms with Crippen molar-refractivity contribution in [3.63, 3.8) is 0 Å². The van der Waals surface area contributed by atoms with Gasteiger partial charge in [-0.3, -0.25) is 4.79 Å². The molecule has 2 saturated heterocycles. The van der Waals surface area contributed by atoms with E-state index in [1.54, 1.807) is 52.0 Å². The maximum Gasteiger partial charge on any atom is 0.260 e. The van der Waals surface area contributed by atoms with E-state index in [0.29, 0.717) is 29.9 Å². The molecule has 37 heavy (non-hydrogen) atoms. The lowest BCUT2D eigenvalue weighted by Crippen LogP contribution is -2.60. The molecule has 10 nitrogen and oxygen atoms in total. The molecule has 3 aliphatic rings. The van der Waals surface area contributed by atoms with Gasteiger partial charge in [0, 0.05) is 31.7 Å². The lowest BCUT2D eigenvalue weighted by Gasteiger charge is -2.45. The zero-order chi connectivity index (χ0) is 26.6. The largest absolute Gasteiger partial charge is 0.386 e. The second-order valence-electron chi connectivity index (χ2n) is 12.1. The molecule has 4 heterocycles. The number of nitrogens with one attached hydrogen (secondary N) is 2. The first-order valence-corrected chi connectivity index (χ1v) is 14.3. The second kappa shape index (κ2) is 8.92. The van der Waals surface area contributed by atoms with E-state index in [4.69, 9.17) is 4.98 Å². The first-order valence-electron chi connectivity index (χ1n) is 12.8. The smallest absolute Gasteiger partial charge is 0.260 e. The zero-order valence-corrected chi connectivity index (χ0v) is 22.7. The highest BCUT2D eigenvalue weighted by molar-refractivity contribution is 7.89. The van der Waals surface area contributed by atoms with E-state index in [9.17, 15) is 18.3 Å². The predicted octanol–water partition coefficient (Wildman–Crippen LogP) is 2.76. The Labute approximate surface area is 218 Å². The highest BCUT2D eigenvalue weighted by Gasteiger charge is 2.45. The Balaban J connectivity index is 1.39. The molecule has 3 fully saturated rings. The summed E-state index contributed by atoms with van der Waals surface area (Å²) in [7, 11) is -3.85. The van der Waals surface area contributed by atoms with E-state index in [2.05, 4.69) is 19.9 Å². The molecule has 2 aromatic rings. The third kappa shape index (κ3) is 5.73. The van der Waals surface area contributed by atoms with Gasteiger partial charge in [-0.1, -0.05) is 6.07 Å². The summed E-state index contributed by atoms with van der Waals surface area (Å²) < 4.78 is 28.0. The number of rotatable bonds is 6. The Hall–Kier alpha value is -2.76. The van der Waals surface area contributed by atoms with E-state index in [1.807, 2.05) is 4.90 Å². The number of aliphatic hydroxyl groups is 1.